The number of hydrogen-bond donors (Lipinski definition) is 1. The average Bonchev–Trinajstić information content (AvgIpc) is 3.10. The molecule has 1 aromatic heterocycles. The minimum absolute atomic E-state index is 0.0178. The van der Waals surface area contributed by atoms with Crippen molar-refractivity contribution in [3.05, 3.63) is 66.6 Å². The summed E-state index contributed by atoms with van der Waals surface area (Å²) >= 11 is 0. The van der Waals surface area contributed by atoms with Crippen LogP contribution in [0.4, 0.5) is 10.5 Å². The molecule has 0 bridgehead atoms. The fourth-order valence-electron chi connectivity index (χ4n) is 2.37. The van der Waals surface area contributed by atoms with Gasteiger partial charge >= 0.3 is 6.03 Å². The Balaban J connectivity index is 1.72. The highest BCUT2D eigenvalue weighted by molar-refractivity contribution is 5.89. The summed E-state index contributed by atoms with van der Waals surface area (Å²) in [6.45, 7) is 4.13. The third kappa shape index (κ3) is 4.23. The van der Waals surface area contributed by atoms with Crippen LogP contribution in [0.3, 0.4) is 0 Å². The van der Waals surface area contributed by atoms with Crippen LogP contribution in [0, 0.1) is 0 Å². The Morgan fingerprint density at radius 1 is 1.08 bits per heavy atom. The first kappa shape index (κ1) is 16.7. The second-order valence-electron chi connectivity index (χ2n) is 5.90. The monoisotopic (exact) mass is 336 g/mol. The summed E-state index contributed by atoms with van der Waals surface area (Å²) in [5.41, 5.74) is 1.62. The SMILES string of the molecule is CC(C)N(Cc1nc(-c2ccccc2)no1)C(=O)Nc1ccccc1. The first-order chi connectivity index (χ1) is 12.1. The fourth-order valence-corrected chi connectivity index (χ4v) is 2.37. The van der Waals surface area contributed by atoms with E-state index in [9.17, 15) is 4.79 Å². The van der Waals surface area contributed by atoms with Gasteiger partial charge in [-0.2, -0.15) is 4.98 Å². The summed E-state index contributed by atoms with van der Waals surface area (Å²) in [6, 6.07) is 18.7. The third-order valence-corrected chi connectivity index (χ3v) is 3.71. The van der Waals surface area contributed by atoms with E-state index in [1.165, 1.54) is 0 Å². The lowest BCUT2D eigenvalue weighted by Gasteiger charge is -2.25. The topological polar surface area (TPSA) is 71.3 Å². The molecule has 1 heterocycles. The molecule has 25 heavy (non-hydrogen) atoms. The Kier molecular flexibility index (Phi) is 5.09. The number of amides is 2. The highest BCUT2D eigenvalue weighted by atomic mass is 16.5. The lowest BCUT2D eigenvalue weighted by Crippen LogP contribution is -2.39. The predicted octanol–water partition coefficient (Wildman–Crippen LogP) is 4.18. The Labute approximate surface area is 146 Å². The summed E-state index contributed by atoms with van der Waals surface area (Å²) < 4.78 is 5.32. The Bertz CT molecular complexity index is 816. The van der Waals surface area contributed by atoms with E-state index in [1.807, 2.05) is 74.5 Å². The van der Waals surface area contributed by atoms with Crippen LogP contribution >= 0.6 is 0 Å². The van der Waals surface area contributed by atoms with Gasteiger partial charge in [-0.25, -0.2) is 4.79 Å². The van der Waals surface area contributed by atoms with Crippen molar-refractivity contribution >= 4 is 11.7 Å². The molecule has 0 fully saturated rings. The molecule has 2 aromatic carbocycles. The van der Waals surface area contributed by atoms with Gasteiger partial charge in [0.05, 0.1) is 0 Å². The molecule has 2 amide bonds. The Morgan fingerprint density at radius 2 is 1.72 bits per heavy atom. The maximum atomic E-state index is 12.6. The van der Waals surface area contributed by atoms with Crippen LogP contribution < -0.4 is 5.32 Å². The van der Waals surface area contributed by atoms with E-state index in [0.717, 1.165) is 11.3 Å². The molecule has 0 atom stereocenters. The number of carbonyl (C=O) groups is 1. The van der Waals surface area contributed by atoms with Gasteiger partial charge in [0.2, 0.25) is 11.7 Å². The number of nitrogens with zero attached hydrogens (tertiary/aromatic N) is 3. The zero-order valence-electron chi connectivity index (χ0n) is 14.2. The van der Waals surface area contributed by atoms with Crippen LogP contribution in [0.2, 0.25) is 0 Å². The molecule has 6 nitrogen and oxygen atoms in total. The van der Waals surface area contributed by atoms with Gasteiger partial charge in [-0.05, 0) is 26.0 Å². The number of para-hydroxylation sites is 1. The molecule has 0 unspecified atom stereocenters. The summed E-state index contributed by atoms with van der Waals surface area (Å²) in [5, 5.41) is 6.88. The second-order valence-corrected chi connectivity index (χ2v) is 5.90. The van der Waals surface area contributed by atoms with Gasteiger partial charge in [0.1, 0.15) is 6.54 Å². The quantitative estimate of drug-likeness (QED) is 0.759. The number of aromatic nitrogens is 2. The zero-order valence-corrected chi connectivity index (χ0v) is 14.2. The molecule has 3 rings (SSSR count). The van der Waals surface area contributed by atoms with Crippen LogP contribution in [0.1, 0.15) is 19.7 Å². The van der Waals surface area contributed by atoms with E-state index in [0.29, 0.717) is 11.7 Å². The van der Waals surface area contributed by atoms with Crippen molar-refractivity contribution in [3.8, 4) is 11.4 Å². The molecule has 0 spiro atoms. The van der Waals surface area contributed by atoms with Crippen molar-refractivity contribution in [1.82, 2.24) is 15.0 Å². The van der Waals surface area contributed by atoms with Gasteiger partial charge in [0.25, 0.3) is 0 Å². The molecule has 0 saturated heterocycles. The summed E-state index contributed by atoms with van der Waals surface area (Å²) in [7, 11) is 0. The van der Waals surface area contributed by atoms with Crippen molar-refractivity contribution in [1.29, 1.82) is 0 Å². The lowest BCUT2D eigenvalue weighted by atomic mass is 10.2. The first-order valence-electron chi connectivity index (χ1n) is 8.14. The molecular weight excluding hydrogens is 316 g/mol. The fraction of sp³-hybridized carbons (Fsp3) is 0.211. The molecule has 0 aliphatic carbocycles. The van der Waals surface area contributed by atoms with Crippen molar-refractivity contribution in [2.75, 3.05) is 5.32 Å². The van der Waals surface area contributed by atoms with Crippen molar-refractivity contribution in [3.63, 3.8) is 0 Å². The van der Waals surface area contributed by atoms with E-state index in [1.54, 1.807) is 4.90 Å². The number of carbonyl (C=O) groups excluding carboxylic acids is 1. The van der Waals surface area contributed by atoms with Crippen molar-refractivity contribution in [2.45, 2.75) is 26.4 Å². The van der Waals surface area contributed by atoms with Gasteiger partial charge in [0, 0.05) is 17.3 Å². The summed E-state index contributed by atoms with van der Waals surface area (Å²) in [4.78, 5) is 18.6. The van der Waals surface area contributed by atoms with Crippen LogP contribution in [0.5, 0.6) is 0 Å². The van der Waals surface area contributed by atoms with Crippen LogP contribution in [-0.4, -0.2) is 27.1 Å². The number of anilines is 1. The van der Waals surface area contributed by atoms with Crippen LogP contribution in [-0.2, 0) is 6.54 Å². The van der Waals surface area contributed by atoms with Gasteiger partial charge < -0.3 is 14.7 Å². The largest absolute Gasteiger partial charge is 0.337 e. The summed E-state index contributed by atoms with van der Waals surface area (Å²) in [6.07, 6.45) is 0. The van der Waals surface area contributed by atoms with E-state index in [2.05, 4.69) is 15.5 Å². The highest BCUT2D eigenvalue weighted by Gasteiger charge is 2.21. The second kappa shape index (κ2) is 7.61. The van der Waals surface area contributed by atoms with Crippen LogP contribution in [0.25, 0.3) is 11.4 Å². The number of nitrogens with one attached hydrogen (secondary N) is 1. The Hall–Kier alpha value is -3.15. The smallest absolute Gasteiger partial charge is 0.322 e. The maximum Gasteiger partial charge on any atom is 0.322 e. The van der Waals surface area contributed by atoms with E-state index in [-0.39, 0.29) is 18.6 Å². The number of hydrogen-bond acceptors (Lipinski definition) is 4. The number of urea groups is 1. The molecular formula is C19H20N4O2. The lowest BCUT2D eigenvalue weighted by molar-refractivity contribution is 0.182. The maximum absolute atomic E-state index is 12.6. The normalized spacial score (nSPS) is 10.7. The van der Waals surface area contributed by atoms with E-state index >= 15 is 0 Å². The number of rotatable bonds is 5. The molecule has 0 radical (unpaired) electrons. The number of benzene rings is 2. The van der Waals surface area contributed by atoms with Crippen molar-refractivity contribution in [2.24, 2.45) is 0 Å². The van der Waals surface area contributed by atoms with Crippen LogP contribution in [0.15, 0.2) is 65.2 Å². The van der Waals surface area contributed by atoms with E-state index in [4.69, 9.17) is 4.52 Å². The summed E-state index contributed by atoms with van der Waals surface area (Å²) in [5.74, 6) is 0.915. The average molecular weight is 336 g/mol. The highest BCUT2D eigenvalue weighted by Crippen LogP contribution is 2.17. The molecule has 0 aliphatic heterocycles. The van der Waals surface area contributed by atoms with Gasteiger partial charge in [-0.1, -0.05) is 53.7 Å². The molecule has 1 N–H and O–H groups in total. The van der Waals surface area contributed by atoms with Gasteiger partial charge in [-0.3, -0.25) is 0 Å². The zero-order chi connectivity index (χ0) is 17.6. The van der Waals surface area contributed by atoms with Crippen molar-refractivity contribution < 1.29 is 9.32 Å². The van der Waals surface area contributed by atoms with E-state index < -0.39 is 0 Å². The molecule has 0 aliphatic rings. The minimum atomic E-state index is -0.208. The van der Waals surface area contributed by atoms with Gasteiger partial charge in [0.15, 0.2) is 0 Å². The minimum Gasteiger partial charge on any atom is -0.337 e. The predicted molar refractivity (Wildman–Crippen MR) is 95.9 cm³/mol. The Morgan fingerprint density at radius 3 is 2.36 bits per heavy atom. The molecule has 128 valence electrons. The third-order valence-electron chi connectivity index (χ3n) is 3.71. The molecule has 0 saturated carbocycles. The first-order valence-corrected chi connectivity index (χ1v) is 8.14. The van der Waals surface area contributed by atoms with Gasteiger partial charge in [-0.15, -0.1) is 0 Å². The molecule has 3 aromatic rings. The molecule has 6 heteroatoms. The standard InChI is InChI=1S/C19H20N4O2/c1-14(2)23(19(24)20-16-11-7-4-8-12-16)13-17-21-18(22-25-17)15-9-5-3-6-10-15/h3-12,14H,13H2,1-2H3,(H,20,24).